The Kier molecular flexibility index (Phi) is 4.54. The van der Waals surface area contributed by atoms with Crippen molar-refractivity contribution >= 4 is 10.2 Å². The van der Waals surface area contributed by atoms with Crippen molar-refractivity contribution in [1.29, 1.82) is 0 Å². The molecule has 116 valence electrons. The highest BCUT2D eigenvalue weighted by Gasteiger charge is 2.37. The molecule has 7 heteroatoms. The summed E-state index contributed by atoms with van der Waals surface area (Å²) in [7, 11) is -3.38. The van der Waals surface area contributed by atoms with Gasteiger partial charge in [-0.25, -0.2) is 0 Å². The molecule has 3 rings (SSSR count). The third kappa shape index (κ3) is 3.11. The third-order valence-electron chi connectivity index (χ3n) is 4.20. The average molecular weight is 310 g/mol. The topological polar surface area (TPSA) is 65.5 Å². The molecule has 2 saturated heterocycles. The van der Waals surface area contributed by atoms with Gasteiger partial charge in [0.25, 0.3) is 10.2 Å². The van der Waals surface area contributed by atoms with Gasteiger partial charge in [-0.2, -0.15) is 17.0 Å². The van der Waals surface area contributed by atoms with Crippen molar-refractivity contribution in [2.45, 2.75) is 25.3 Å². The van der Waals surface area contributed by atoms with E-state index in [2.05, 4.69) is 10.3 Å². The first kappa shape index (κ1) is 14.9. The van der Waals surface area contributed by atoms with Crippen molar-refractivity contribution in [3.05, 3.63) is 30.1 Å². The second kappa shape index (κ2) is 6.39. The molecule has 1 aromatic heterocycles. The van der Waals surface area contributed by atoms with Crippen LogP contribution in [-0.2, 0) is 10.2 Å². The SMILES string of the molecule is O=S(=O)(N1CCCCC1)N1CCNCC1c1cccnc1. The van der Waals surface area contributed by atoms with Crippen LogP contribution < -0.4 is 5.32 Å². The van der Waals surface area contributed by atoms with Gasteiger partial charge in [0.05, 0.1) is 6.04 Å². The second-order valence-electron chi connectivity index (χ2n) is 5.58. The van der Waals surface area contributed by atoms with Crippen molar-refractivity contribution in [2.75, 3.05) is 32.7 Å². The van der Waals surface area contributed by atoms with E-state index in [9.17, 15) is 8.42 Å². The molecule has 0 amide bonds. The maximum atomic E-state index is 12.9. The van der Waals surface area contributed by atoms with Crippen LogP contribution in [0.5, 0.6) is 0 Å². The minimum Gasteiger partial charge on any atom is -0.313 e. The highest BCUT2D eigenvalue weighted by atomic mass is 32.2. The Balaban J connectivity index is 1.86. The molecular formula is C14H22N4O2S. The van der Waals surface area contributed by atoms with E-state index in [1.165, 1.54) is 0 Å². The summed E-state index contributed by atoms with van der Waals surface area (Å²) in [6, 6.07) is 3.64. The Morgan fingerprint density at radius 1 is 1.19 bits per heavy atom. The van der Waals surface area contributed by atoms with Gasteiger partial charge in [0.15, 0.2) is 0 Å². The van der Waals surface area contributed by atoms with E-state index in [0.717, 1.165) is 24.8 Å². The minimum atomic E-state index is -3.38. The van der Waals surface area contributed by atoms with Gasteiger partial charge in [-0.15, -0.1) is 0 Å². The van der Waals surface area contributed by atoms with E-state index < -0.39 is 10.2 Å². The van der Waals surface area contributed by atoms with E-state index in [1.54, 1.807) is 21.0 Å². The van der Waals surface area contributed by atoms with Gasteiger partial charge in [-0.05, 0) is 24.5 Å². The predicted molar refractivity (Wildman–Crippen MR) is 80.9 cm³/mol. The summed E-state index contributed by atoms with van der Waals surface area (Å²) in [5, 5.41) is 3.29. The fourth-order valence-electron chi connectivity index (χ4n) is 3.06. The molecule has 1 unspecified atom stereocenters. The van der Waals surface area contributed by atoms with Crippen LogP contribution in [0.3, 0.4) is 0 Å². The van der Waals surface area contributed by atoms with Crippen LogP contribution in [0, 0.1) is 0 Å². The van der Waals surface area contributed by atoms with Crippen molar-refractivity contribution in [3.8, 4) is 0 Å². The molecule has 3 heterocycles. The second-order valence-corrected chi connectivity index (χ2v) is 7.47. The molecule has 0 bridgehead atoms. The van der Waals surface area contributed by atoms with Crippen LogP contribution in [0.4, 0.5) is 0 Å². The van der Waals surface area contributed by atoms with Gasteiger partial charge < -0.3 is 5.32 Å². The molecule has 0 spiro atoms. The lowest BCUT2D eigenvalue weighted by Crippen LogP contribution is -2.54. The monoisotopic (exact) mass is 310 g/mol. The lowest BCUT2D eigenvalue weighted by Gasteiger charge is -2.39. The number of rotatable bonds is 3. The minimum absolute atomic E-state index is 0.167. The molecule has 0 radical (unpaired) electrons. The Hall–Kier alpha value is -1.02. The Morgan fingerprint density at radius 2 is 2.00 bits per heavy atom. The zero-order valence-electron chi connectivity index (χ0n) is 12.1. The number of piperazine rings is 1. The molecule has 1 N–H and O–H groups in total. The lowest BCUT2D eigenvalue weighted by molar-refractivity contribution is 0.236. The molecule has 1 aromatic rings. The van der Waals surface area contributed by atoms with E-state index in [1.807, 2.05) is 12.1 Å². The summed E-state index contributed by atoms with van der Waals surface area (Å²) in [5.74, 6) is 0. The van der Waals surface area contributed by atoms with Crippen molar-refractivity contribution < 1.29 is 8.42 Å². The molecule has 0 saturated carbocycles. The average Bonchev–Trinajstić information content (AvgIpc) is 2.56. The maximum absolute atomic E-state index is 12.9. The summed E-state index contributed by atoms with van der Waals surface area (Å²) >= 11 is 0. The molecule has 2 aliphatic heterocycles. The van der Waals surface area contributed by atoms with E-state index in [4.69, 9.17) is 0 Å². The van der Waals surface area contributed by atoms with Crippen LogP contribution in [0.2, 0.25) is 0 Å². The van der Waals surface area contributed by atoms with Crippen LogP contribution in [0.25, 0.3) is 0 Å². The molecule has 2 aliphatic rings. The number of nitrogens with one attached hydrogen (secondary N) is 1. The van der Waals surface area contributed by atoms with Gasteiger partial charge in [0, 0.05) is 45.1 Å². The van der Waals surface area contributed by atoms with Gasteiger partial charge in [-0.1, -0.05) is 12.5 Å². The number of piperidine rings is 1. The molecular weight excluding hydrogens is 288 g/mol. The highest BCUT2D eigenvalue weighted by Crippen LogP contribution is 2.27. The summed E-state index contributed by atoms with van der Waals surface area (Å²) in [6.45, 7) is 3.14. The number of aromatic nitrogens is 1. The number of nitrogens with zero attached hydrogens (tertiary/aromatic N) is 3. The summed E-state index contributed by atoms with van der Waals surface area (Å²) in [4.78, 5) is 4.13. The Morgan fingerprint density at radius 3 is 2.71 bits per heavy atom. The fourth-order valence-corrected chi connectivity index (χ4v) is 4.92. The predicted octanol–water partition coefficient (Wildman–Crippen LogP) is 0.759. The first-order chi connectivity index (χ1) is 10.2. The fraction of sp³-hybridized carbons (Fsp3) is 0.643. The molecule has 0 aliphatic carbocycles. The van der Waals surface area contributed by atoms with Crippen molar-refractivity contribution in [1.82, 2.24) is 18.9 Å². The molecule has 6 nitrogen and oxygen atoms in total. The normalized spacial score (nSPS) is 25.8. The lowest BCUT2D eigenvalue weighted by atomic mass is 10.1. The zero-order chi connectivity index (χ0) is 14.7. The third-order valence-corrected chi connectivity index (χ3v) is 6.25. The smallest absolute Gasteiger partial charge is 0.282 e. The van der Waals surface area contributed by atoms with E-state index in [0.29, 0.717) is 32.7 Å². The standard InChI is InChI=1S/C14H22N4O2S/c19-21(20,17-8-2-1-3-9-17)18-10-7-16-12-14(18)13-5-4-6-15-11-13/h4-6,11,14,16H,1-3,7-10,12H2. The van der Waals surface area contributed by atoms with Gasteiger partial charge >= 0.3 is 0 Å². The van der Waals surface area contributed by atoms with Crippen LogP contribution in [-0.4, -0.2) is 54.7 Å². The molecule has 1 atom stereocenters. The first-order valence-electron chi connectivity index (χ1n) is 7.57. The molecule has 0 aromatic carbocycles. The van der Waals surface area contributed by atoms with Crippen molar-refractivity contribution in [2.24, 2.45) is 0 Å². The van der Waals surface area contributed by atoms with Gasteiger partial charge in [0.2, 0.25) is 0 Å². The zero-order valence-corrected chi connectivity index (χ0v) is 12.9. The van der Waals surface area contributed by atoms with Crippen LogP contribution >= 0.6 is 0 Å². The van der Waals surface area contributed by atoms with Crippen molar-refractivity contribution in [3.63, 3.8) is 0 Å². The molecule has 2 fully saturated rings. The van der Waals surface area contributed by atoms with Gasteiger partial charge in [0.1, 0.15) is 0 Å². The van der Waals surface area contributed by atoms with Crippen LogP contribution in [0.1, 0.15) is 30.9 Å². The Bertz CT molecular complexity index is 558. The van der Waals surface area contributed by atoms with E-state index in [-0.39, 0.29) is 6.04 Å². The summed E-state index contributed by atoms with van der Waals surface area (Å²) < 4.78 is 29.1. The summed E-state index contributed by atoms with van der Waals surface area (Å²) in [6.07, 6.45) is 6.52. The maximum Gasteiger partial charge on any atom is 0.282 e. The quantitative estimate of drug-likeness (QED) is 0.895. The first-order valence-corrected chi connectivity index (χ1v) is 8.97. The number of hydrogen-bond donors (Lipinski definition) is 1. The van der Waals surface area contributed by atoms with E-state index >= 15 is 0 Å². The van der Waals surface area contributed by atoms with Crippen LogP contribution in [0.15, 0.2) is 24.5 Å². The number of pyridine rings is 1. The highest BCUT2D eigenvalue weighted by molar-refractivity contribution is 7.86. The Labute approximate surface area is 126 Å². The largest absolute Gasteiger partial charge is 0.313 e. The summed E-state index contributed by atoms with van der Waals surface area (Å²) in [5.41, 5.74) is 0.949. The van der Waals surface area contributed by atoms with Gasteiger partial charge in [-0.3, -0.25) is 4.98 Å². The number of hydrogen-bond acceptors (Lipinski definition) is 4. The molecule has 21 heavy (non-hydrogen) atoms.